The number of likely N-dealkylation sites (tertiary alicyclic amines) is 1. The van der Waals surface area contributed by atoms with E-state index in [1.54, 1.807) is 11.3 Å². The molecule has 0 aromatic carbocycles. The van der Waals surface area contributed by atoms with Crippen molar-refractivity contribution in [3.05, 3.63) is 42.1 Å². The predicted octanol–water partition coefficient (Wildman–Crippen LogP) is 5.22. The number of pyridine rings is 1. The first-order valence-electron chi connectivity index (χ1n) is 11.4. The fourth-order valence-electron chi connectivity index (χ4n) is 4.82. The summed E-state index contributed by atoms with van der Waals surface area (Å²) in [5, 5.41) is 5.20. The van der Waals surface area contributed by atoms with Crippen LogP contribution < -0.4 is 10.1 Å². The molecule has 1 amide bonds. The average Bonchev–Trinajstić information content (AvgIpc) is 3.54. The Labute approximate surface area is 192 Å². The van der Waals surface area contributed by atoms with Crippen molar-refractivity contribution in [2.75, 3.05) is 18.4 Å². The summed E-state index contributed by atoms with van der Waals surface area (Å²) in [5.41, 5.74) is 1.13. The van der Waals surface area contributed by atoms with Crippen LogP contribution in [0.4, 0.5) is 10.9 Å². The monoisotopic (exact) mass is 451 g/mol. The summed E-state index contributed by atoms with van der Waals surface area (Å²) in [7, 11) is 0. The molecule has 1 aliphatic heterocycles. The summed E-state index contributed by atoms with van der Waals surface area (Å²) in [4.78, 5) is 24.3. The summed E-state index contributed by atoms with van der Waals surface area (Å²) in [6.45, 7) is 6.96. The Morgan fingerprint density at radius 2 is 2.16 bits per heavy atom. The first-order chi connectivity index (χ1) is 15.6. The van der Waals surface area contributed by atoms with E-state index in [1.165, 1.54) is 31.8 Å². The Kier molecular flexibility index (Phi) is 5.87. The number of amides is 1. The fourth-order valence-corrected chi connectivity index (χ4v) is 5.49. The van der Waals surface area contributed by atoms with Crippen LogP contribution in [0.1, 0.15) is 49.4 Å². The molecule has 0 bridgehead atoms. The highest BCUT2D eigenvalue weighted by Gasteiger charge is 2.26. The summed E-state index contributed by atoms with van der Waals surface area (Å²) >= 11 is 1.60. The number of carbonyl (C=O) groups excluding carboxylic acids is 1. The molecule has 8 heteroatoms. The molecule has 0 radical (unpaired) electrons. The van der Waals surface area contributed by atoms with Gasteiger partial charge in [-0.25, -0.2) is 4.98 Å². The van der Waals surface area contributed by atoms with E-state index in [4.69, 9.17) is 9.72 Å². The third-order valence-electron chi connectivity index (χ3n) is 6.40. The van der Waals surface area contributed by atoms with E-state index in [2.05, 4.69) is 39.8 Å². The smallest absolute Gasteiger partial charge is 0.246 e. The van der Waals surface area contributed by atoms with Gasteiger partial charge in [0.1, 0.15) is 11.9 Å². The Morgan fingerprint density at radius 3 is 2.91 bits per heavy atom. The third-order valence-corrected chi connectivity index (χ3v) is 7.23. The van der Waals surface area contributed by atoms with Gasteiger partial charge in [0.15, 0.2) is 5.13 Å². The number of aryl methyl sites for hydroxylation is 1. The maximum absolute atomic E-state index is 12.1. The lowest BCUT2D eigenvalue weighted by molar-refractivity contribution is -0.128. The van der Waals surface area contributed by atoms with Gasteiger partial charge in [0.25, 0.3) is 0 Å². The van der Waals surface area contributed by atoms with Gasteiger partial charge in [-0.05, 0) is 44.7 Å². The lowest BCUT2D eigenvalue weighted by Crippen LogP contribution is -2.43. The Bertz CT molecular complexity index is 1130. The van der Waals surface area contributed by atoms with Gasteiger partial charge in [0.2, 0.25) is 11.8 Å². The molecule has 1 N–H and O–H groups in total. The van der Waals surface area contributed by atoms with E-state index in [1.807, 2.05) is 18.0 Å². The van der Waals surface area contributed by atoms with Gasteiger partial charge < -0.3 is 19.5 Å². The molecular weight excluding hydrogens is 422 g/mol. The molecule has 1 atom stereocenters. The third kappa shape index (κ3) is 4.24. The zero-order valence-corrected chi connectivity index (χ0v) is 19.2. The lowest BCUT2D eigenvalue weighted by Gasteiger charge is -2.32. The van der Waals surface area contributed by atoms with Crippen LogP contribution in [0.5, 0.6) is 5.88 Å². The maximum Gasteiger partial charge on any atom is 0.246 e. The number of hydrogen-bond donors (Lipinski definition) is 1. The molecule has 7 nitrogen and oxygen atoms in total. The van der Waals surface area contributed by atoms with Crippen LogP contribution >= 0.6 is 11.3 Å². The number of ether oxygens (including phenoxy) is 1. The SMILES string of the molecule is C=CC(=O)N1CCCC(Oc2nc(Nc3ncc(C)s3)cc3c2ccn3C2CCCC2)C1. The minimum absolute atomic E-state index is 0.0432. The molecule has 3 aromatic rings. The van der Waals surface area contributed by atoms with E-state index in [0.29, 0.717) is 18.5 Å². The predicted molar refractivity (Wildman–Crippen MR) is 128 cm³/mol. The number of piperidine rings is 1. The van der Waals surface area contributed by atoms with Gasteiger partial charge >= 0.3 is 0 Å². The largest absolute Gasteiger partial charge is 0.472 e. The number of rotatable bonds is 6. The van der Waals surface area contributed by atoms with Crippen molar-refractivity contribution in [1.29, 1.82) is 0 Å². The number of carbonyl (C=O) groups is 1. The topological polar surface area (TPSA) is 72.3 Å². The summed E-state index contributed by atoms with van der Waals surface area (Å²) in [5.74, 6) is 1.31. The van der Waals surface area contributed by atoms with Crippen LogP contribution in [0.25, 0.3) is 10.9 Å². The molecule has 5 rings (SSSR count). The maximum atomic E-state index is 12.1. The number of aromatic nitrogens is 3. The lowest BCUT2D eigenvalue weighted by atomic mass is 10.1. The van der Waals surface area contributed by atoms with Gasteiger partial charge in [0.05, 0.1) is 17.4 Å². The van der Waals surface area contributed by atoms with Crippen molar-refractivity contribution in [2.24, 2.45) is 0 Å². The quantitative estimate of drug-likeness (QED) is 0.521. The molecule has 1 aliphatic carbocycles. The zero-order chi connectivity index (χ0) is 22.1. The Balaban J connectivity index is 1.48. The van der Waals surface area contributed by atoms with Gasteiger partial charge in [-0.15, -0.1) is 11.3 Å². The average molecular weight is 452 g/mol. The van der Waals surface area contributed by atoms with Crippen molar-refractivity contribution in [2.45, 2.75) is 57.6 Å². The van der Waals surface area contributed by atoms with Gasteiger partial charge in [-0.1, -0.05) is 19.4 Å². The summed E-state index contributed by atoms with van der Waals surface area (Å²) in [6.07, 6.45) is 12.1. The van der Waals surface area contributed by atoms with E-state index in [-0.39, 0.29) is 12.0 Å². The Morgan fingerprint density at radius 1 is 1.31 bits per heavy atom. The second-order valence-corrected chi connectivity index (χ2v) is 9.91. The molecular formula is C24H29N5O2S. The number of hydrogen-bond acceptors (Lipinski definition) is 6. The van der Waals surface area contributed by atoms with Crippen molar-refractivity contribution in [1.82, 2.24) is 19.4 Å². The van der Waals surface area contributed by atoms with Crippen LogP contribution in [0.15, 0.2) is 37.2 Å². The van der Waals surface area contributed by atoms with E-state index in [0.717, 1.165) is 46.1 Å². The van der Waals surface area contributed by atoms with Gasteiger partial charge in [0, 0.05) is 35.9 Å². The molecule has 0 spiro atoms. The molecule has 32 heavy (non-hydrogen) atoms. The highest BCUT2D eigenvalue weighted by Crippen LogP contribution is 2.37. The van der Waals surface area contributed by atoms with Crippen molar-refractivity contribution in [3.8, 4) is 5.88 Å². The fraction of sp³-hybridized carbons (Fsp3) is 0.458. The number of nitrogens with zero attached hydrogens (tertiary/aromatic N) is 4. The highest BCUT2D eigenvalue weighted by molar-refractivity contribution is 7.15. The minimum atomic E-state index is -0.0875. The van der Waals surface area contributed by atoms with Gasteiger partial charge in [-0.3, -0.25) is 4.79 Å². The molecule has 1 saturated heterocycles. The molecule has 1 saturated carbocycles. The van der Waals surface area contributed by atoms with Crippen molar-refractivity contribution < 1.29 is 9.53 Å². The molecule has 1 unspecified atom stereocenters. The molecule has 3 aromatic heterocycles. The van der Waals surface area contributed by atoms with Crippen LogP contribution in [-0.4, -0.2) is 44.5 Å². The first-order valence-corrected chi connectivity index (χ1v) is 12.2. The number of anilines is 2. The normalized spacial score (nSPS) is 19.4. The van der Waals surface area contributed by atoms with E-state index >= 15 is 0 Å². The number of fused-ring (bicyclic) bond motifs is 1. The highest BCUT2D eigenvalue weighted by atomic mass is 32.1. The van der Waals surface area contributed by atoms with Crippen molar-refractivity contribution >= 4 is 39.1 Å². The number of thiazole rings is 1. The van der Waals surface area contributed by atoms with Crippen LogP contribution in [0, 0.1) is 6.92 Å². The molecule has 2 aliphatic rings. The van der Waals surface area contributed by atoms with Crippen molar-refractivity contribution in [3.63, 3.8) is 0 Å². The van der Waals surface area contributed by atoms with Crippen LogP contribution in [-0.2, 0) is 4.79 Å². The minimum Gasteiger partial charge on any atom is -0.472 e. The van der Waals surface area contributed by atoms with Gasteiger partial charge in [-0.2, -0.15) is 4.98 Å². The molecule has 168 valence electrons. The second kappa shape index (κ2) is 8.94. The number of nitrogens with one attached hydrogen (secondary N) is 1. The second-order valence-electron chi connectivity index (χ2n) is 8.68. The summed E-state index contributed by atoms with van der Waals surface area (Å²) in [6, 6.07) is 4.74. The Hall–Kier alpha value is -2.87. The van der Waals surface area contributed by atoms with Crippen LogP contribution in [0.3, 0.4) is 0 Å². The van der Waals surface area contributed by atoms with E-state index in [9.17, 15) is 4.79 Å². The van der Waals surface area contributed by atoms with E-state index < -0.39 is 0 Å². The first kappa shape index (κ1) is 21.0. The van der Waals surface area contributed by atoms with Crippen LogP contribution in [0.2, 0.25) is 0 Å². The standard InChI is InChI=1S/C24H29N5O2S/c1-3-22(30)28-11-6-9-18(15-28)31-23-19-10-12-29(17-7-4-5-8-17)20(19)13-21(26-23)27-24-25-14-16(2)32-24/h3,10,12-14,17-18H,1,4-9,11,15H2,2H3,(H,25,26,27). The molecule has 2 fully saturated rings. The summed E-state index contributed by atoms with van der Waals surface area (Å²) < 4.78 is 8.82. The molecule has 4 heterocycles. The zero-order valence-electron chi connectivity index (χ0n) is 18.4.